The van der Waals surface area contributed by atoms with Crippen LogP contribution in [0, 0.1) is 0 Å². The van der Waals surface area contributed by atoms with Gasteiger partial charge in [-0.3, -0.25) is 4.79 Å². The molecule has 1 aliphatic heterocycles. The highest BCUT2D eigenvalue weighted by atomic mass is 32.2. The standard InChI is InChI=1S/C7H14N2OS/c1-2-11-5-3-6(7(8)10)9-4-5/h5-6,9H,2-4H2,1H3,(H2,8,10)/t5-,6-/m0/s1. The summed E-state index contributed by atoms with van der Waals surface area (Å²) in [6.45, 7) is 3.05. The number of rotatable bonds is 3. The average Bonchev–Trinajstić information content (AvgIpc) is 2.37. The van der Waals surface area contributed by atoms with Crippen LogP contribution in [0.3, 0.4) is 0 Å². The summed E-state index contributed by atoms with van der Waals surface area (Å²) in [6.07, 6.45) is 0.897. The molecule has 0 aromatic rings. The van der Waals surface area contributed by atoms with Gasteiger partial charge in [0.05, 0.1) is 6.04 Å². The molecule has 0 aromatic heterocycles. The normalized spacial score (nSPS) is 30.6. The number of hydrogen-bond acceptors (Lipinski definition) is 3. The quantitative estimate of drug-likeness (QED) is 0.631. The predicted molar refractivity (Wildman–Crippen MR) is 47.5 cm³/mol. The van der Waals surface area contributed by atoms with Gasteiger partial charge in [0.15, 0.2) is 0 Å². The van der Waals surface area contributed by atoms with E-state index in [-0.39, 0.29) is 11.9 Å². The highest BCUT2D eigenvalue weighted by Gasteiger charge is 2.27. The first-order chi connectivity index (χ1) is 5.24. The van der Waals surface area contributed by atoms with E-state index in [0.29, 0.717) is 5.25 Å². The van der Waals surface area contributed by atoms with E-state index in [0.717, 1.165) is 18.7 Å². The van der Waals surface area contributed by atoms with Crippen LogP contribution in [0.25, 0.3) is 0 Å². The number of nitrogens with one attached hydrogen (secondary N) is 1. The summed E-state index contributed by atoms with van der Waals surface area (Å²) in [6, 6.07) is -0.0842. The molecule has 0 aromatic carbocycles. The van der Waals surface area contributed by atoms with Gasteiger partial charge in [-0.1, -0.05) is 6.92 Å². The molecule has 1 fully saturated rings. The zero-order valence-corrected chi connectivity index (χ0v) is 7.49. The maximum Gasteiger partial charge on any atom is 0.234 e. The highest BCUT2D eigenvalue weighted by molar-refractivity contribution is 7.99. The van der Waals surface area contributed by atoms with Crippen molar-refractivity contribution in [2.24, 2.45) is 5.73 Å². The molecule has 0 bridgehead atoms. The molecule has 64 valence electrons. The molecule has 1 heterocycles. The van der Waals surface area contributed by atoms with Crippen molar-refractivity contribution in [2.45, 2.75) is 24.6 Å². The fraction of sp³-hybridized carbons (Fsp3) is 0.857. The smallest absolute Gasteiger partial charge is 0.234 e. The van der Waals surface area contributed by atoms with E-state index in [1.807, 2.05) is 11.8 Å². The summed E-state index contributed by atoms with van der Waals surface area (Å²) in [7, 11) is 0. The third-order valence-corrected chi connectivity index (χ3v) is 3.00. The van der Waals surface area contributed by atoms with Gasteiger partial charge < -0.3 is 11.1 Å². The van der Waals surface area contributed by atoms with Crippen molar-refractivity contribution in [3.8, 4) is 0 Å². The third-order valence-electron chi connectivity index (χ3n) is 1.84. The SMILES string of the molecule is CCS[C@@H]1CN[C@H](C(N)=O)C1. The predicted octanol–water partition coefficient (Wildman–Crippen LogP) is -0.0447. The molecule has 0 radical (unpaired) electrons. The van der Waals surface area contributed by atoms with Crippen molar-refractivity contribution in [1.29, 1.82) is 0 Å². The number of amides is 1. The Bertz CT molecular complexity index is 151. The minimum absolute atomic E-state index is 0.0842. The Morgan fingerprint density at radius 2 is 2.55 bits per heavy atom. The first-order valence-corrected chi connectivity index (χ1v) is 4.93. The van der Waals surface area contributed by atoms with Gasteiger partial charge in [-0.2, -0.15) is 11.8 Å². The second-order valence-corrected chi connectivity index (χ2v) is 4.25. The summed E-state index contributed by atoms with van der Waals surface area (Å²) in [5, 5.41) is 3.68. The van der Waals surface area contributed by atoms with E-state index in [1.165, 1.54) is 0 Å². The molecule has 1 amide bonds. The maximum absolute atomic E-state index is 10.7. The zero-order valence-electron chi connectivity index (χ0n) is 6.67. The fourth-order valence-electron chi connectivity index (χ4n) is 1.28. The molecule has 2 atom stereocenters. The van der Waals surface area contributed by atoms with E-state index in [4.69, 9.17) is 5.73 Å². The molecule has 0 aliphatic carbocycles. The van der Waals surface area contributed by atoms with Crippen LogP contribution in [0.5, 0.6) is 0 Å². The lowest BCUT2D eigenvalue weighted by molar-refractivity contribution is -0.119. The van der Waals surface area contributed by atoms with Gasteiger partial charge >= 0.3 is 0 Å². The number of hydrogen-bond donors (Lipinski definition) is 2. The molecule has 4 heteroatoms. The third kappa shape index (κ3) is 2.38. The minimum Gasteiger partial charge on any atom is -0.368 e. The minimum atomic E-state index is -0.218. The monoisotopic (exact) mass is 174 g/mol. The fourth-order valence-corrected chi connectivity index (χ4v) is 2.30. The van der Waals surface area contributed by atoms with E-state index < -0.39 is 0 Å². The van der Waals surface area contributed by atoms with Crippen LogP contribution >= 0.6 is 11.8 Å². The van der Waals surface area contributed by atoms with Crippen molar-refractivity contribution in [3.63, 3.8) is 0 Å². The van der Waals surface area contributed by atoms with Crippen LogP contribution in [-0.4, -0.2) is 29.5 Å². The second-order valence-electron chi connectivity index (χ2n) is 2.68. The summed E-state index contributed by atoms with van der Waals surface area (Å²) >= 11 is 1.89. The number of thioether (sulfide) groups is 1. The summed E-state index contributed by atoms with van der Waals surface area (Å²) in [5.41, 5.74) is 5.15. The summed E-state index contributed by atoms with van der Waals surface area (Å²) < 4.78 is 0. The largest absolute Gasteiger partial charge is 0.368 e. The van der Waals surface area contributed by atoms with Crippen LogP contribution in [0.4, 0.5) is 0 Å². The Labute approximate surface area is 71.1 Å². The highest BCUT2D eigenvalue weighted by Crippen LogP contribution is 2.20. The molecule has 1 saturated heterocycles. The average molecular weight is 174 g/mol. The van der Waals surface area contributed by atoms with Crippen molar-refractivity contribution in [2.75, 3.05) is 12.3 Å². The molecule has 3 nitrogen and oxygen atoms in total. The van der Waals surface area contributed by atoms with Crippen molar-refractivity contribution < 1.29 is 4.79 Å². The van der Waals surface area contributed by atoms with E-state index in [9.17, 15) is 4.79 Å². The molecule has 0 spiro atoms. The maximum atomic E-state index is 10.7. The van der Waals surface area contributed by atoms with Gasteiger partial charge in [0.2, 0.25) is 5.91 Å². The lowest BCUT2D eigenvalue weighted by atomic mass is 10.2. The van der Waals surface area contributed by atoms with Crippen molar-refractivity contribution in [1.82, 2.24) is 5.32 Å². The van der Waals surface area contributed by atoms with Gasteiger partial charge in [0.25, 0.3) is 0 Å². The van der Waals surface area contributed by atoms with Gasteiger partial charge in [-0.25, -0.2) is 0 Å². The first kappa shape index (κ1) is 8.87. The van der Waals surface area contributed by atoms with Crippen LogP contribution < -0.4 is 11.1 Å². The number of nitrogens with two attached hydrogens (primary N) is 1. The van der Waals surface area contributed by atoms with Gasteiger partial charge in [0, 0.05) is 11.8 Å². The lowest BCUT2D eigenvalue weighted by Gasteiger charge is -2.04. The Morgan fingerprint density at radius 1 is 1.82 bits per heavy atom. The summed E-state index contributed by atoms with van der Waals surface area (Å²) in [5.74, 6) is 0.891. The molecular weight excluding hydrogens is 160 g/mol. The van der Waals surface area contributed by atoms with Gasteiger partial charge in [-0.15, -0.1) is 0 Å². The molecular formula is C7H14N2OS. The second kappa shape index (κ2) is 3.97. The van der Waals surface area contributed by atoms with E-state index in [2.05, 4.69) is 12.2 Å². The van der Waals surface area contributed by atoms with Crippen LogP contribution in [-0.2, 0) is 4.79 Å². The van der Waals surface area contributed by atoms with Crippen LogP contribution in [0.2, 0.25) is 0 Å². The molecule has 1 aliphatic rings. The Kier molecular flexibility index (Phi) is 3.20. The van der Waals surface area contributed by atoms with Crippen LogP contribution in [0.1, 0.15) is 13.3 Å². The van der Waals surface area contributed by atoms with Gasteiger partial charge in [-0.05, 0) is 12.2 Å². The Morgan fingerprint density at radius 3 is 3.00 bits per heavy atom. The number of carbonyl (C=O) groups is 1. The van der Waals surface area contributed by atoms with E-state index >= 15 is 0 Å². The molecule has 0 saturated carbocycles. The zero-order chi connectivity index (χ0) is 8.27. The van der Waals surface area contributed by atoms with Crippen molar-refractivity contribution >= 4 is 17.7 Å². The molecule has 11 heavy (non-hydrogen) atoms. The van der Waals surface area contributed by atoms with Crippen LogP contribution in [0.15, 0.2) is 0 Å². The molecule has 0 unspecified atom stereocenters. The van der Waals surface area contributed by atoms with E-state index in [1.54, 1.807) is 0 Å². The Hall–Kier alpha value is -0.220. The number of primary amides is 1. The van der Waals surface area contributed by atoms with Gasteiger partial charge in [0.1, 0.15) is 0 Å². The molecule has 3 N–H and O–H groups in total. The lowest BCUT2D eigenvalue weighted by Crippen LogP contribution is -2.36. The first-order valence-electron chi connectivity index (χ1n) is 3.88. The number of carbonyl (C=O) groups excluding carboxylic acids is 1. The molecule has 1 rings (SSSR count). The van der Waals surface area contributed by atoms with Crippen molar-refractivity contribution in [3.05, 3.63) is 0 Å². The summed E-state index contributed by atoms with van der Waals surface area (Å²) in [4.78, 5) is 10.7. The topological polar surface area (TPSA) is 55.1 Å². The Balaban J connectivity index is 2.29.